The van der Waals surface area contributed by atoms with Crippen molar-refractivity contribution in [3.63, 3.8) is 0 Å². The minimum atomic E-state index is 0.753. The number of nitrogens with one attached hydrogen (secondary N) is 1. The molecule has 0 atom stereocenters. The quantitative estimate of drug-likeness (QED) is 0.606. The molecule has 6 heteroatoms. The largest absolute Gasteiger partial charge is 0.497 e. The fourth-order valence-electron chi connectivity index (χ4n) is 3.67. The van der Waals surface area contributed by atoms with Gasteiger partial charge in [-0.15, -0.1) is 0 Å². The predicted octanol–water partition coefficient (Wildman–Crippen LogP) is 3.55. The number of hydrogen-bond donors (Lipinski definition) is 1. The summed E-state index contributed by atoms with van der Waals surface area (Å²) in [4.78, 5) is 4.99. The number of fused-ring (bicyclic) bond motifs is 1. The van der Waals surface area contributed by atoms with Gasteiger partial charge < -0.3 is 14.4 Å². The second-order valence-corrected chi connectivity index (χ2v) is 7.20. The Bertz CT molecular complexity index is 887. The van der Waals surface area contributed by atoms with Gasteiger partial charge in [-0.2, -0.15) is 5.10 Å². The Morgan fingerprint density at radius 1 is 1.00 bits per heavy atom. The van der Waals surface area contributed by atoms with Gasteiger partial charge in [0.15, 0.2) is 0 Å². The molecule has 0 radical (unpaired) electrons. The van der Waals surface area contributed by atoms with Crippen molar-refractivity contribution >= 4 is 16.6 Å². The van der Waals surface area contributed by atoms with Gasteiger partial charge in [0.1, 0.15) is 11.5 Å². The maximum absolute atomic E-state index is 5.88. The third-order valence-electron chi connectivity index (χ3n) is 5.34. The summed E-state index contributed by atoms with van der Waals surface area (Å²) in [5.41, 5.74) is 2.27. The first-order valence-corrected chi connectivity index (χ1v) is 9.99. The first-order chi connectivity index (χ1) is 13.8. The van der Waals surface area contributed by atoms with E-state index in [2.05, 4.69) is 38.2 Å². The Kier molecular flexibility index (Phi) is 5.97. The highest BCUT2D eigenvalue weighted by atomic mass is 16.5. The van der Waals surface area contributed by atoms with E-state index in [1.807, 2.05) is 30.5 Å². The fourth-order valence-corrected chi connectivity index (χ4v) is 3.67. The van der Waals surface area contributed by atoms with Crippen molar-refractivity contribution in [1.29, 1.82) is 0 Å². The number of rotatable bonds is 8. The molecule has 3 aromatic rings. The molecule has 0 bridgehead atoms. The smallest absolute Gasteiger partial charge is 0.121 e. The monoisotopic (exact) mass is 380 g/mol. The van der Waals surface area contributed by atoms with Crippen molar-refractivity contribution in [2.75, 3.05) is 51.3 Å². The van der Waals surface area contributed by atoms with Crippen molar-refractivity contribution in [3.8, 4) is 11.5 Å². The molecule has 1 fully saturated rings. The lowest BCUT2D eigenvalue weighted by Gasteiger charge is -2.36. The molecule has 2 heterocycles. The second kappa shape index (κ2) is 8.97. The number of hydrogen-bond acceptors (Lipinski definition) is 5. The molecular formula is C22H28N4O2. The number of ether oxygens (including phenoxy) is 2. The van der Waals surface area contributed by atoms with Crippen LogP contribution in [0.5, 0.6) is 11.5 Å². The number of anilines is 1. The predicted molar refractivity (Wildman–Crippen MR) is 112 cm³/mol. The van der Waals surface area contributed by atoms with Gasteiger partial charge in [-0.25, -0.2) is 0 Å². The fraction of sp³-hybridized carbons (Fsp3) is 0.409. The highest BCUT2D eigenvalue weighted by molar-refractivity contribution is 5.79. The number of unbranched alkanes of at least 4 members (excludes halogenated alkanes) is 1. The van der Waals surface area contributed by atoms with E-state index in [1.165, 1.54) is 5.69 Å². The third kappa shape index (κ3) is 4.57. The van der Waals surface area contributed by atoms with Gasteiger partial charge >= 0.3 is 0 Å². The average molecular weight is 380 g/mol. The molecule has 1 aliphatic heterocycles. The van der Waals surface area contributed by atoms with Gasteiger partial charge in [-0.3, -0.25) is 10.00 Å². The molecule has 0 saturated carbocycles. The van der Waals surface area contributed by atoms with E-state index >= 15 is 0 Å². The van der Waals surface area contributed by atoms with E-state index in [9.17, 15) is 0 Å². The van der Waals surface area contributed by atoms with Crippen LogP contribution in [0.1, 0.15) is 12.8 Å². The van der Waals surface area contributed by atoms with Crippen molar-refractivity contribution in [3.05, 3.63) is 48.7 Å². The van der Waals surface area contributed by atoms with Crippen LogP contribution in [0.2, 0.25) is 0 Å². The van der Waals surface area contributed by atoms with Crippen LogP contribution in [0, 0.1) is 0 Å². The van der Waals surface area contributed by atoms with E-state index in [-0.39, 0.29) is 0 Å². The maximum atomic E-state index is 5.88. The molecule has 28 heavy (non-hydrogen) atoms. The highest BCUT2D eigenvalue weighted by Gasteiger charge is 2.17. The van der Waals surface area contributed by atoms with Crippen LogP contribution in [-0.2, 0) is 0 Å². The molecular weight excluding hydrogens is 352 g/mol. The third-order valence-corrected chi connectivity index (χ3v) is 5.34. The molecule has 148 valence electrons. The minimum absolute atomic E-state index is 0.753. The number of piperazine rings is 1. The van der Waals surface area contributed by atoms with Crippen molar-refractivity contribution < 1.29 is 9.47 Å². The van der Waals surface area contributed by atoms with Crippen molar-refractivity contribution in [2.45, 2.75) is 12.8 Å². The van der Waals surface area contributed by atoms with E-state index < -0.39 is 0 Å². The molecule has 1 aliphatic rings. The number of benzene rings is 2. The summed E-state index contributed by atoms with van der Waals surface area (Å²) in [6.45, 7) is 6.23. The van der Waals surface area contributed by atoms with Crippen LogP contribution < -0.4 is 14.4 Å². The van der Waals surface area contributed by atoms with Crippen LogP contribution in [-0.4, -0.2) is 61.5 Å². The second-order valence-electron chi connectivity index (χ2n) is 7.20. The Labute approximate surface area is 166 Å². The highest BCUT2D eigenvalue weighted by Crippen LogP contribution is 2.22. The van der Waals surface area contributed by atoms with E-state index in [0.29, 0.717) is 0 Å². The summed E-state index contributed by atoms with van der Waals surface area (Å²) in [7, 11) is 1.72. The molecule has 1 saturated heterocycles. The average Bonchev–Trinajstić information content (AvgIpc) is 3.22. The van der Waals surface area contributed by atoms with Crippen LogP contribution in [0.4, 0.5) is 5.69 Å². The zero-order valence-electron chi connectivity index (χ0n) is 16.4. The van der Waals surface area contributed by atoms with Crippen LogP contribution in [0.15, 0.2) is 48.7 Å². The van der Waals surface area contributed by atoms with Crippen molar-refractivity contribution in [2.24, 2.45) is 0 Å². The van der Waals surface area contributed by atoms with Crippen LogP contribution in [0.3, 0.4) is 0 Å². The summed E-state index contributed by atoms with van der Waals surface area (Å²) in [5, 5.41) is 8.13. The van der Waals surface area contributed by atoms with E-state index in [1.54, 1.807) is 7.11 Å². The zero-order valence-corrected chi connectivity index (χ0v) is 16.4. The number of nitrogens with zero attached hydrogens (tertiary/aromatic N) is 3. The Morgan fingerprint density at radius 2 is 1.89 bits per heavy atom. The summed E-state index contributed by atoms with van der Waals surface area (Å²) >= 11 is 0. The lowest BCUT2D eigenvalue weighted by molar-refractivity contribution is 0.238. The Balaban J connectivity index is 1.14. The van der Waals surface area contributed by atoms with E-state index in [0.717, 1.165) is 74.6 Å². The number of H-pyrrole nitrogens is 1. The number of aromatic amines is 1. The van der Waals surface area contributed by atoms with Crippen LogP contribution in [0.25, 0.3) is 10.9 Å². The lowest BCUT2D eigenvalue weighted by Crippen LogP contribution is -2.46. The van der Waals surface area contributed by atoms with Gasteiger partial charge in [0, 0.05) is 49.4 Å². The van der Waals surface area contributed by atoms with Gasteiger partial charge in [-0.05, 0) is 43.7 Å². The summed E-state index contributed by atoms with van der Waals surface area (Å²) in [6.07, 6.45) is 4.05. The molecule has 4 rings (SSSR count). The Hall–Kier alpha value is -2.73. The molecule has 0 unspecified atom stereocenters. The number of methoxy groups -OCH3 is 1. The van der Waals surface area contributed by atoms with Gasteiger partial charge in [-0.1, -0.05) is 6.07 Å². The molecule has 0 amide bonds. The normalized spacial score (nSPS) is 15.1. The summed E-state index contributed by atoms with van der Waals surface area (Å²) in [5.74, 6) is 1.83. The molecule has 1 N–H and O–H groups in total. The summed E-state index contributed by atoms with van der Waals surface area (Å²) in [6, 6.07) is 14.4. The van der Waals surface area contributed by atoms with Crippen LogP contribution >= 0.6 is 0 Å². The number of aromatic nitrogens is 2. The van der Waals surface area contributed by atoms with Gasteiger partial charge in [0.05, 0.1) is 25.4 Å². The first-order valence-electron chi connectivity index (χ1n) is 9.99. The maximum Gasteiger partial charge on any atom is 0.121 e. The minimum Gasteiger partial charge on any atom is -0.497 e. The van der Waals surface area contributed by atoms with Crippen molar-refractivity contribution in [1.82, 2.24) is 15.1 Å². The molecule has 0 aliphatic carbocycles. The zero-order chi connectivity index (χ0) is 19.2. The molecule has 0 spiro atoms. The van der Waals surface area contributed by atoms with Gasteiger partial charge in [0.25, 0.3) is 0 Å². The van der Waals surface area contributed by atoms with E-state index in [4.69, 9.17) is 9.47 Å². The first kappa shape index (κ1) is 18.6. The molecule has 6 nitrogen and oxygen atoms in total. The lowest BCUT2D eigenvalue weighted by atomic mass is 10.2. The topological polar surface area (TPSA) is 53.6 Å². The summed E-state index contributed by atoms with van der Waals surface area (Å²) < 4.78 is 11.2. The molecule has 2 aromatic carbocycles. The Morgan fingerprint density at radius 3 is 2.75 bits per heavy atom. The standard InChI is InChI=1S/C22H28N4O2/c1-27-20-6-4-5-19(15-20)26-12-10-25(11-13-26)9-2-3-14-28-21-8-7-18-17-23-24-22(18)16-21/h4-8,15-17H,2-3,9-14H2,1H3,(H,23,24). The van der Waals surface area contributed by atoms with Gasteiger partial charge in [0.2, 0.25) is 0 Å². The molecule has 1 aromatic heterocycles. The SMILES string of the molecule is COc1cccc(N2CCN(CCCCOc3ccc4cn[nH]c4c3)CC2)c1.